The molecule has 0 aliphatic carbocycles. The van der Waals surface area contributed by atoms with Crippen LogP contribution in [0, 0.1) is 0 Å². The second-order valence-electron chi connectivity index (χ2n) is 6.11. The number of ether oxygens (including phenoxy) is 1. The number of anilines is 1. The van der Waals surface area contributed by atoms with Crippen LogP contribution in [0.5, 0.6) is 5.75 Å². The van der Waals surface area contributed by atoms with Gasteiger partial charge in [0.2, 0.25) is 5.91 Å². The molecule has 0 bridgehead atoms. The lowest BCUT2D eigenvalue weighted by Crippen LogP contribution is -2.49. The number of hydrogen-bond donors (Lipinski definition) is 0. The van der Waals surface area contributed by atoms with Crippen LogP contribution in [0.3, 0.4) is 0 Å². The highest BCUT2D eigenvalue weighted by Gasteiger charge is 2.24. The molecule has 4 rings (SSSR count). The fourth-order valence-corrected chi connectivity index (χ4v) is 2.93. The number of alkyl halides is 2. The van der Waals surface area contributed by atoms with Crippen LogP contribution < -0.4 is 9.64 Å². The Bertz CT molecular complexity index is 975. The molecule has 0 N–H and O–H groups in total. The zero-order valence-corrected chi connectivity index (χ0v) is 14.4. The Morgan fingerprint density at radius 1 is 1.19 bits per heavy atom. The summed E-state index contributed by atoms with van der Waals surface area (Å²) in [6, 6.07) is 8.01. The van der Waals surface area contributed by atoms with Crippen molar-refractivity contribution in [3.8, 4) is 17.0 Å². The van der Waals surface area contributed by atoms with Crippen molar-refractivity contribution in [2.24, 2.45) is 0 Å². The minimum atomic E-state index is -2.87. The lowest BCUT2D eigenvalue weighted by Gasteiger charge is -2.33. The monoisotopic (exact) mass is 374 g/mol. The number of piperazine rings is 1. The molecule has 1 fully saturated rings. The first-order chi connectivity index (χ1) is 13.0. The Morgan fingerprint density at radius 3 is 2.67 bits per heavy atom. The quantitative estimate of drug-likeness (QED) is 0.692. The van der Waals surface area contributed by atoms with Gasteiger partial charge in [0.15, 0.2) is 0 Å². The molecule has 0 unspecified atom stereocenters. The molecule has 1 aliphatic heterocycles. The summed E-state index contributed by atoms with van der Waals surface area (Å²) in [5.41, 5.74) is 1.31. The maximum Gasteiger partial charge on any atom is 0.387 e. The Hall–Kier alpha value is -3.30. The second-order valence-corrected chi connectivity index (χ2v) is 6.11. The molecular formula is C17H16F2N6O2. The third-order valence-electron chi connectivity index (χ3n) is 4.39. The van der Waals surface area contributed by atoms with E-state index in [9.17, 15) is 13.6 Å². The van der Waals surface area contributed by atoms with E-state index in [-0.39, 0.29) is 18.2 Å². The van der Waals surface area contributed by atoms with Crippen molar-refractivity contribution in [2.45, 2.75) is 6.61 Å². The standard InChI is InChI=1S/C17H16F2N6O2/c1-23-6-7-24(9-15(23)26)14-8-13(22-17-20-10-21-25(14)17)11-2-4-12(5-3-11)27-16(18)19/h2-5,8,10,16H,6-7,9H2,1H3. The van der Waals surface area contributed by atoms with Gasteiger partial charge in [0.1, 0.15) is 17.9 Å². The van der Waals surface area contributed by atoms with Crippen molar-refractivity contribution >= 4 is 17.5 Å². The number of halogens is 2. The fraction of sp³-hybridized carbons (Fsp3) is 0.294. The summed E-state index contributed by atoms with van der Waals surface area (Å²) >= 11 is 0. The largest absolute Gasteiger partial charge is 0.435 e. The van der Waals surface area contributed by atoms with Crippen LogP contribution >= 0.6 is 0 Å². The summed E-state index contributed by atoms with van der Waals surface area (Å²) in [7, 11) is 1.77. The van der Waals surface area contributed by atoms with E-state index >= 15 is 0 Å². The van der Waals surface area contributed by atoms with E-state index in [1.165, 1.54) is 18.5 Å². The average Bonchev–Trinajstić information content (AvgIpc) is 3.12. The summed E-state index contributed by atoms with van der Waals surface area (Å²) in [5.74, 6) is 1.17. The number of hydrogen-bond acceptors (Lipinski definition) is 6. The van der Waals surface area contributed by atoms with Gasteiger partial charge in [-0.1, -0.05) is 0 Å². The summed E-state index contributed by atoms with van der Waals surface area (Å²) < 4.78 is 30.6. The summed E-state index contributed by atoms with van der Waals surface area (Å²) in [5, 5.41) is 4.19. The van der Waals surface area contributed by atoms with Crippen LogP contribution in [-0.4, -0.2) is 63.7 Å². The molecule has 0 atom stereocenters. The lowest BCUT2D eigenvalue weighted by atomic mass is 10.1. The molecule has 1 aromatic carbocycles. The van der Waals surface area contributed by atoms with Gasteiger partial charge in [-0.25, -0.2) is 4.98 Å². The van der Waals surface area contributed by atoms with Crippen LogP contribution in [-0.2, 0) is 4.79 Å². The Balaban J connectivity index is 1.71. The first-order valence-corrected chi connectivity index (χ1v) is 8.26. The molecular weight excluding hydrogens is 358 g/mol. The van der Waals surface area contributed by atoms with Crippen LogP contribution in [0.4, 0.5) is 14.6 Å². The summed E-state index contributed by atoms with van der Waals surface area (Å²) in [4.78, 5) is 24.3. The molecule has 0 radical (unpaired) electrons. The van der Waals surface area contributed by atoms with Crippen molar-refractivity contribution in [3.05, 3.63) is 36.7 Å². The topological polar surface area (TPSA) is 75.9 Å². The second kappa shape index (κ2) is 6.78. The number of carbonyl (C=O) groups excluding carboxylic acids is 1. The van der Waals surface area contributed by atoms with Crippen molar-refractivity contribution in [1.82, 2.24) is 24.5 Å². The van der Waals surface area contributed by atoms with Crippen molar-refractivity contribution in [2.75, 3.05) is 31.6 Å². The minimum absolute atomic E-state index is 0.0152. The van der Waals surface area contributed by atoms with Crippen molar-refractivity contribution in [1.29, 1.82) is 0 Å². The predicted molar refractivity (Wildman–Crippen MR) is 92.7 cm³/mol. The molecule has 1 amide bonds. The molecule has 10 heteroatoms. The van der Waals surface area contributed by atoms with E-state index in [1.54, 1.807) is 28.6 Å². The maximum absolute atomic E-state index is 12.3. The zero-order chi connectivity index (χ0) is 19.0. The fourth-order valence-electron chi connectivity index (χ4n) is 2.93. The van der Waals surface area contributed by atoms with Gasteiger partial charge in [-0.2, -0.15) is 23.4 Å². The molecule has 8 nitrogen and oxygen atoms in total. The maximum atomic E-state index is 12.3. The highest BCUT2D eigenvalue weighted by Crippen LogP contribution is 2.26. The Morgan fingerprint density at radius 2 is 1.96 bits per heavy atom. The van der Waals surface area contributed by atoms with Gasteiger partial charge in [-0.3, -0.25) is 4.79 Å². The molecule has 1 saturated heterocycles. The SMILES string of the molecule is CN1CCN(c2cc(-c3ccc(OC(F)F)cc3)nc3ncnn23)CC1=O. The van der Waals surface area contributed by atoms with E-state index in [4.69, 9.17) is 0 Å². The molecule has 0 spiro atoms. The number of benzene rings is 1. The number of amides is 1. The molecule has 0 saturated carbocycles. The Kier molecular flexibility index (Phi) is 4.30. The summed E-state index contributed by atoms with van der Waals surface area (Å²) in [6.45, 7) is -1.38. The van der Waals surface area contributed by atoms with Crippen LogP contribution in [0.1, 0.15) is 0 Å². The predicted octanol–water partition coefficient (Wildman–Crippen LogP) is 1.67. The number of likely N-dealkylation sites (N-methyl/N-ethyl adjacent to an activating group) is 1. The van der Waals surface area contributed by atoms with Crippen LogP contribution in [0.15, 0.2) is 36.7 Å². The minimum Gasteiger partial charge on any atom is -0.435 e. The van der Waals surface area contributed by atoms with Gasteiger partial charge in [-0.15, -0.1) is 0 Å². The number of nitrogens with zero attached hydrogens (tertiary/aromatic N) is 6. The zero-order valence-electron chi connectivity index (χ0n) is 14.4. The molecule has 3 heterocycles. The molecule has 1 aliphatic rings. The van der Waals surface area contributed by atoms with Crippen LogP contribution in [0.2, 0.25) is 0 Å². The molecule has 3 aromatic rings. The van der Waals surface area contributed by atoms with E-state index in [0.717, 1.165) is 0 Å². The number of fused-ring (bicyclic) bond motifs is 1. The van der Waals surface area contributed by atoms with E-state index < -0.39 is 6.61 Å². The molecule has 2 aromatic heterocycles. The van der Waals surface area contributed by atoms with E-state index in [0.29, 0.717) is 35.9 Å². The lowest BCUT2D eigenvalue weighted by molar-refractivity contribution is -0.129. The number of carbonyl (C=O) groups is 1. The number of aromatic nitrogens is 4. The van der Waals surface area contributed by atoms with Gasteiger partial charge >= 0.3 is 6.61 Å². The summed E-state index contributed by atoms with van der Waals surface area (Å²) in [6.07, 6.45) is 1.40. The van der Waals surface area contributed by atoms with Crippen molar-refractivity contribution in [3.63, 3.8) is 0 Å². The van der Waals surface area contributed by atoms with Crippen LogP contribution in [0.25, 0.3) is 17.0 Å². The number of rotatable bonds is 4. The van der Waals surface area contributed by atoms with Crippen molar-refractivity contribution < 1.29 is 18.3 Å². The van der Waals surface area contributed by atoms with Gasteiger partial charge in [0.25, 0.3) is 5.78 Å². The van der Waals surface area contributed by atoms with Gasteiger partial charge in [0, 0.05) is 31.8 Å². The average molecular weight is 374 g/mol. The first kappa shape index (κ1) is 17.1. The normalized spacial score (nSPS) is 15.0. The highest BCUT2D eigenvalue weighted by molar-refractivity contribution is 5.82. The van der Waals surface area contributed by atoms with Gasteiger partial charge in [-0.05, 0) is 24.3 Å². The van der Waals surface area contributed by atoms with Gasteiger partial charge in [0.05, 0.1) is 12.2 Å². The third kappa shape index (κ3) is 3.37. The van der Waals surface area contributed by atoms with Gasteiger partial charge < -0.3 is 14.5 Å². The Labute approximate surface area is 153 Å². The molecule has 27 heavy (non-hydrogen) atoms. The first-order valence-electron chi connectivity index (χ1n) is 8.26. The van der Waals surface area contributed by atoms with E-state index in [2.05, 4.69) is 19.8 Å². The smallest absolute Gasteiger partial charge is 0.387 e. The molecule has 140 valence electrons. The highest BCUT2D eigenvalue weighted by atomic mass is 19.3. The third-order valence-corrected chi connectivity index (χ3v) is 4.39. The van der Waals surface area contributed by atoms with E-state index in [1.807, 2.05) is 11.0 Å².